The lowest BCUT2D eigenvalue weighted by atomic mass is 10.1. The van der Waals surface area contributed by atoms with Gasteiger partial charge in [0, 0.05) is 12.1 Å². The number of nitro benzene ring substituents is 1. The first-order valence-electron chi connectivity index (χ1n) is 6.75. The molecule has 0 saturated carbocycles. The van der Waals surface area contributed by atoms with Crippen LogP contribution in [0.4, 0.5) is 5.69 Å². The van der Waals surface area contributed by atoms with Crippen LogP contribution >= 0.6 is 0 Å². The smallest absolute Gasteiger partial charge is 0.379 e. The van der Waals surface area contributed by atoms with E-state index in [1.165, 1.54) is 32.0 Å². The van der Waals surface area contributed by atoms with Crippen LogP contribution in [0.3, 0.4) is 0 Å². The van der Waals surface area contributed by atoms with Crippen LogP contribution in [-0.2, 0) is 23.9 Å². The number of ketones is 1. The topological polar surface area (TPSA) is 113 Å². The molecule has 0 saturated heterocycles. The van der Waals surface area contributed by atoms with Crippen LogP contribution in [0.2, 0.25) is 0 Å². The van der Waals surface area contributed by atoms with E-state index in [1.54, 1.807) is 0 Å². The van der Waals surface area contributed by atoms with Gasteiger partial charge in [0.1, 0.15) is 5.57 Å². The molecule has 0 aliphatic heterocycles. The van der Waals surface area contributed by atoms with Crippen LogP contribution in [0.5, 0.6) is 0 Å². The van der Waals surface area contributed by atoms with Gasteiger partial charge >= 0.3 is 11.9 Å². The van der Waals surface area contributed by atoms with Crippen LogP contribution < -0.4 is 0 Å². The van der Waals surface area contributed by atoms with E-state index < -0.39 is 28.2 Å². The minimum Gasteiger partial charge on any atom is -0.462 e. The minimum atomic E-state index is -1.20. The number of non-ortho nitro benzene ring substituents is 1. The number of nitrogens with zero attached hydrogens (tertiary/aromatic N) is 1. The summed E-state index contributed by atoms with van der Waals surface area (Å²) in [6, 6.07) is 5.26. The fourth-order valence-corrected chi connectivity index (χ4v) is 1.63. The number of benzene rings is 1. The van der Waals surface area contributed by atoms with Crippen molar-refractivity contribution in [3.05, 3.63) is 45.5 Å². The van der Waals surface area contributed by atoms with Gasteiger partial charge in [0.05, 0.1) is 18.1 Å². The number of nitro groups is 1. The van der Waals surface area contributed by atoms with Gasteiger partial charge in [-0.1, -0.05) is 12.1 Å². The second-order valence-corrected chi connectivity index (χ2v) is 4.18. The third-order valence-corrected chi connectivity index (χ3v) is 2.59. The van der Waals surface area contributed by atoms with E-state index in [0.29, 0.717) is 0 Å². The minimum absolute atomic E-state index is 0.00121. The van der Waals surface area contributed by atoms with Crippen LogP contribution in [-0.4, -0.2) is 35.9 Å². The molecule has 0 heterocycles. The second-order valence-electron chi connectivity index (χ2n) is 4.18. The normalized spacial score (nSPS) is 10.8. The van der Waals surface area contributed by atoms with E-state index in [0.717, 1.165) is 12.1 Å². The molecule has 0 aliphatic carbocycles. The van der Waals surface area contributed by atoms with Crippen molar-refractivity contribution in [2.45, 2.75) is 13.8 Å². The summed E-state index contributed by atoms with van der Waals surface area (Å²) in [5.74, 6) is -3.37. The zero-order chi connectivity index (χ0) is 17.4. The number of rotatable bonds is 7. The Balaban J connectivity index is 3.25. The predicted molar refractivity (Wildman–Crippen MR) is 79.3 cm³/mol. The van der Waals surface area contributed by atoms with Crippen molar-refractivity contribution in [3.8, 4) is 0 Å². The molecule has 8 nitrogen and oxygen atoms in total. The van der Waals surface area contributed by atoms with Crippen LogP contribution in [0.15, 0.2) is 29.8 Å². The molecule has 0 bridgehead atoms. The molecule has 0 amide bonds. The van der Waals surface area contributed by atoms with E-state index in [4.69, 9.17) is 4.74 Å². The molecular weight excluding hydrogens is 306 g/mol. The molecule has 0 spiro atoms. The quantitative estimate of drug-likeness (QED) is 0.143. The number of Topliss-reactive ketones (excluding diaryl/α,β-unsaturated/α-hetero) is 1. The maximum absolute atomic E-state index is 12.0. The lowest BCUT2D eigenvalue weighted by Gasteiger charge is -2.06. The van der Waals surface area contributed by atoms with E-state index >= 15 is 0 Å². The van der Waals surface area contributed by atoms with Gasteiger partial charge in [-0.3, -0.25) is 14.9 Å². The molecule has 23 heavy (non-hydrogen) atoms. The third-order valence-electron chi connectivity index (χ3n) is 2.59. The first kappa shape index (κ1) is 18.0. The van der Waals surface area contributed by atoms with Crippen LogP contribution in [0.1, 0.15) is 19.4 Å². The van der Waals surface area contributed by atoms with Gasteiger partial charge in [0.2, 0.25) is 0 Å². The Kier molecular flexibility index (Phi) is 6.60. The van der Waals surface area contributed by atoms with Crippen molar-refractivity contribution in [2.24, 2.45) is 0 Å². The maximum atomic E-state index is 12.0. The SMILES string of the molecule is CCOC(=O)C(=O)C(=Cc1cccc([N+](=O)[O-])c1)C(=O)OCC. The summed E-state index contributed by atoms with van der Waals surface area (Å²) in [7, 11) is 0. The molecule has 0 N–H and O–H groups in total. The fraction of sp³-hybridized carbons (Fsp3) is 0.267. The Labute approximate surface area is 131 Å². The molecule has 0 aromatic heterocycles. The van der Waals surface area contributed by atoms with Crippen molar-refractivity contribution >= 4 is 29.5 Å². The van der Waals surface area contributed by atoms with E-state index in [2.05, 4.69) is 4.74 Å². The highest BCUT2D eigenvalue weighted by atomic mass is 16.6. The molecular formula is C15H15NO7. The van der Waals surface area contributed by atoms with Gasteiger partial charge in [-0.2, -0.15) is 0 Å². The number of esters is 2. The van der Waals surface area contributed by atoms with E-state index in [1.807, 2.05) is 0 Å². The number of hydrogen-bond acceptors (Lipinski definition) is 7. The van der Waals surface area contributed by atoms with E-state index in [-0.39, 0.29) is 24.5 Å². The van der Waals surface area contributed by atoms with Crippen LogP contribution in [0.25, 0.3) is 6.08 Å². The average Bonchev–Trinajstić information content (AvgIpc) is 2.52. The zero-order valence-corrected chi connectivity index (χ0v) is 12.6. The highest BCUT2D eigenvalue weighted by molar-refractivity contribution is 6.47. The van der Waals surface area contributed by atoms with Crippen molar-refractivity contribution in [1.29, 1.82) is 0 Å². The summed E-state index contributed by atoms with van der Waals surface area (Å²) < 4.78 is 9.30. The number of carbonyl (C=O) groups is 3. The molecule has 0 fully saturated rings. The van der Waals surface area contributed by atoms with Gasteiger partial charge in [0.15, 0.2) is 0 Å². The van der Waals surface area contributed by atoms with Gasteiger partial charge in [-0.25, -0.2) is 9.59 Å². The van der Waals surface area contributed by atoms with Gasteiger partial charge in [-0.05, 0) is 25.5 Å². The first-order valence-corrected chi connectivity index (χ1v) is 6.75. The molecule has 0 unspecified atom stereocenters. The van der Waals surface area contributed by atoms with Crippen molar-refractivity contribution in [3.63, 3.8) is 0 Å². The highest BCUT2D eigenvalue weighted by Gasteiger charge is 2.27. The summed E-state index contributed by atoms with van der Waals surface area (Å²) in [4.78, 5) is 45.5. The lowest BCUT2D eigenvalue weighted by Crippen LogP contribution is -2.25. The standard InChI is InChI=1S/C15H15NO7/c1-3-22-14(18)12(13(17)15(19)23-4-2)9-10-6-5-7-11(8-10)16(20)21/h5-9H,3-4H2,1-2H3. The Morgan fingerprint density at radius 3 is 2.30 bits per heavy atom. The zero-order valence-electron chi connectivity index (χ0n) is 12.6. The Morgan fingerprint density at radius 2 is 1.74 bits per heavy atom. The summed E-state index contributed by atoms with van der Waals surface area (Å²) >= 11 is 0. The summed E-state index contributed by atoms with van der Waals surface area (Å²) in [6.07, 6.45) is 1.06. The summed E-state index contributed by atoms with van der Waals surface area (Å²) in [6.45, 7) is 3.02. The Morgan fingerprint density at radius 1 is 1.13 bits per heavy atom. The largest absolute Gasteiger partial charge is 0.462 e. The summed E-state index contributed by atoms with van der Waals surface area (Å²) in [5, 5.41) is 10.8. The number of hydrogen-bond donors (Lipinski definition) is 0. The van der Waals surface area contributed by atoms with Crippen molar-refractivity contribution in [2.75, 3.05) is 13.2 Å². The van der Waals surface area contributed by atoms with Gasteiger partial charge in [0.25, 0.3) is 11.5 Å². The molecule has 0 radical (unpaired) electrons. The second kappa shape index (κ2) is 8.42. The molecule has 0 aliphatic rings. The fourth-order valence-electron chi connectivity index (χ4n) is 1.63. The predicted octanol–water partition coefficient (Wildman–Crippen LogP) is 1.67. The molecule has 122 valence electrons. The monoisotopic (exact) mass is 321 g/mol. The maximum Gasteiger partial charge on any atom is 0.379 e. The number of ether oxygens (including phenoxy) is 2. The molecule has 0 atom stereocenters. The van der Waals surface area contributed by atoms with E-state index in [9.17, 15) is 24.5 Å². The Hall–Kier alpha value is -3.03. The lowest BCUT2D eigenvalue weighted by molar-refractivity contribution is -0.384. The average molecular weight is 321 g/mol. The number of carbonyl (C=O) groups excluding carboxylic acids is 3. The van der Waals surface area contributed by atoms with Gasteiger partial charge in [-0.15, -0.1) is 0 Å². The first-order chi connectivity index (χ1) is 10.9. The molecule has 1 aromatic rings. The van der Waals surface area contributed by atoms with Crippen LogP contribution in [0, 0.1) is 10.1 Å². The van der Waals surface area contributed by atoms with Crippen molar-refractivity contribution in [1.82, 2.24) is 0 Å². The third kappa shape index (κ3) is 5.03. The van der Waals surface area contributed by atoms with Gasteiger partial charge < -0.3 is 9.47 Å². The summed E-state index contributed by atoms with van der Waals surface area (Å²) in [5.41, 5.74) is -0.559. The molecule has 1 rings (SSSR count). The Bertz CT molecular complexity index is 664. The molecule has 1 aromatic carbocycles. The van der Waals surface area contributed by atoms with Crippen molar-refractivity contribution < 1.29 is 28.8 Å². The highest BCUT2D eigenvalue weighted by Crippen LogP contribution is 2.17. The molecule has 8 heteroatoms.